The second-order valence-corrected chi connectivity index (χ2v) is 13.2. The molecule has 0 saturated heterocycles. The van der Waals surface area contributed by atoms with Gasteiger partial charge in [0.15, 0.2) is 0 Å². The van der Waals surface area contributed by atoms with Crippen LogP contribution in [-0.4, -0.2) is 39.0 Å². The number of hydrogen-bond acceptors (Lipinski definition) is 7. The van der Waals surface area contributed by atoms with Crippen molar-refractivity contribution in [2.75, 3.05) is 0 Å². The standard InChI is InChI=1S/C39H72O7/c1-4-6-8-10-12-14-16-18-20-22-24-26-28-30-32-34-36(40)45-38(3,39(42,43)44)46-37(41)35-33-31-29-27-25-23-21-19-17-15-13-11-9-7-5-2/h18-21,42-44H,4-17,22-35H2,1-3H3/b20-18-,21-19-. The third kappa shape index (κ3) is 27.4. The summed E-state index contributed by atoms with van der Waals surface area (Å²) in [6, 6.07) is 0. The lowest BCUT2D eigenvalue weighted by atomic mass is 10.1. The van der Waals surface area contributed by atoms with Gasteiger partial charge in [-0.2, -0.15) is 0 Å². The van der Waals surface area contributed by atoms with E-state index in [1.165, 1.54) is 77.0 Å². The minimum Gasteiger partial charge on any atom is -0.414 e. The SMILES string of the molecule is CCCCCCCC/C=C\CCCCCCCC(=O)OC(C)(OC(=O)CCCCCCC/C=C\CCCCCCCC)C(O)(O)O. The normalized spacial score (nSPS) is 12.4. The molecule has 0 fully saturated rings. The van der Waals surface area contributed by atoms with Crippen molar-refractivity contribution in [3.05, 3.63) is 24.3 Å². The minimum absolute atomic E-state index is 0.0373. The van der Waals surface area contributed by atoms with Gasteiger partial charge in [0.05, 0.1) is 0 Å². The Hall–Kier alpha value is -1.70. The van der Waals surface area contributed by atoms with Crippen molar-refractivity contribution in [1.29, 1.82) is 0 Å². The highest BCUT2D eigenvalue weighted by atomic mass is 16.8. The number of carbonyl (C=O) groups excluding carboxylic acids is 2. The van der Waals surface area contributed by atoms with Gasteiger partial charge in [-0.25, -0.2) is 0 Å². The fraction of sp³-hybridized carbons (Fsp3) is 0.846. The van der Waals surface area contributed by atoms with Gasteiger partial charge >= 0.3 is 23.7 Å². The Labute approximate surface area is 282 Å². The van der Waals surface area contributed by atoms with Crippen molar-refractivity contribution in [3.8, 4) is 0 Å². The summed E-state index contributed by atoms with van der Waals surface area (Å²) < 4.78 is 10.1. The van der Waals surface area contributed by atoms with Crippen LogP contribution in [-0.2, 0) is 19.1 Å². The van der Waals surface area contributed by atoms with Gasteiger partial charge in [-0.05, 0) is 64.2 Å². The summed E-state index contributed by atoms with van der Waals surface area (Å²) in [4.78, 5) is 24.7. The van der Waals surface area contributed by atoms with Crippen molar-refractivity contribution in [1.82, 2.24) is 0 Å². The number of rotatable bonds is 33. The molecule has 0 aromatic heterocycles. The molecule has 0 aliphatic rings. The largest absolute Gasteiger partial charge is 0.414 e. The zero-order valence-corrected chi connectivity index (χ0v) is 30.1. The van der Waals surface area contributed by atoms with E-state index in [-0.39, 0.29) is 12.8 Å². The molecule has 0 bridgehead atoms. The van der Waals surface area contributed by atoms with E-state index in [1.807, 2.05) is 0 Å². The molecule has 0 radical (unpaired) electrons. The van der Waals surface area contributed by atoms with Crippen LogP contribution >= 0.6 is 0 Å². The molecule has 0 saturated carbocycles. The fourth-order valence-electron chi connectivity index (χ4n) is 5.37. The number of allylic oxidation sites excluding steroid dienone is 4. The molecule has 0 aromatic rings. The molecule has 0 aliphatic carbocycles. The molecule has 270 valence electrons. The van der Waals surface area contributed by atoms with Crippen LogP contribution in [0.25, 0.3) is 0 Å². The summed E-state index contributed by atoms with van der Waals surface area (Å²) in [5, 5.41) is 29.4. The van der Waals surface area contributed by atoms with Crippen molar-refractivity contribution in [3.63, 3.8) is 0 Å². The van der Waals surface area contributed by atoms with Crippen LogP contribution in [0.15, 0.2) is 24.3 Å². The molecular formula is C39H72O7. The molecule has 0 rings (SSSR count). The molecule has 0 atom stereocenters. The van der Waals surface area contributed by atoms with Crippen LogP contribution in [0.1, 0.15) is 201 Å². The first kappa shape index (κ1) is 44.3. The van der Waals surface area contributed by atoms with E-state index in [0.29, 0.717) is 12.8 Å². The molecule has 0 aliphatic heterocycles. The first-order valence-corrected chi connectivity index (χ1v) is 19.1. The number of ether oxygens (including phenoxy) is 2. The van der Waals surface area contributed by atoms with Crippen molar-refractivity contribution in [2.45, 2.75) is 212 Å². The van der Waals surface area contributed by atoms with Crippen molar-refractivity contribution >= 4 is 11.9 Å². The molecule has 0 heterocycles. The highest BCUT2D eigenvalue weighted by Gasteiger charge is 2.52. The second-order valence-electron chi connectivity index (χ2n) is 13.2. The van der Waals surface area contributed by atoms with Gasteiger partial charge < -0.3 is 24.8 Å². The number of unbranched alkanes of at least 4 members (excludes halogenated alkanes) is 22. The van der Waals surface area contributed by atoms with Gasteiger partial charge in [0.25, 0.3) is 0 Å². The van der Waals surface area contributed by atoms with Crippen molar-refractivity contribution in [2.24, 2.45) is 0 Å². The second kappa shape index (κ2) is 30.6. The molecule has 7 nitrogen and oxygen atoms in total. The quantitative estimate of drug-likeness (QED) is 0.0280. The van der Waals surface area contributed by atoms with Crippen LogP contribution < -0.4 is 0 Å². The first-order chi connectivity index (χ1) is 22.2. The molecule has 3 N–H and O–H groups in total. The smallest absolute Gasteiger partial charge is 0.357 e. The summed E-state index contributed by atoms with van der Waals surface area (Å²) in [7, 11) is 0. The van der Waals surface area contributed by atoms with E-state index in [1.54, 1.807) is 0 Å². The lowest BCUT2D eigenvalue weighted by Gasteiger charge is -2.35. The molecule has 0 amide bonds. The third-order valence-corrected chi connectivity index (χ3v) is 8.51. The Kier molecular flexibility index (Phi) is 29.5. The summed E-state index contributed by atoms with van der Waals surface area (Å²) in [6.07, 6.45) is 38.7. The van der Waals surface area contributed by atoms with Gasteiger partial charge in [0.1, 0.15) is 0 Å². The maximum Gasteiger partial charge on any atom is 0.357 e. The zero-order chi connectivity index (χ0) is 34.2. The monoisotopic (exact) mass is 653 g/mol. The van der Waals surface area contributed by atoms with E-state index >= 15 is 0 Å². The minimum atomic E-state index is -3.51. The van der Waals surface area contributed by atoms with E-state index in [2.05, 4.69) is 38.2 Å². The highest BCUT2D eigenvalue weighted by molar-refractivity contribution is 5.72. The molecule has 7 heteroatoms. The predicted molar refractivity (Wildman–Crippen MR) is 189 cm³/mol. The van der Waals surface area contributed by atoms with E-state index in [0.717, 1.165) is 84.0 Å². The average molecular weight is 653 g/mol. The third-order valence-electron chi connectivity index (χ3n) is 8.51. The Morgan fingerprint density at radius 1 is 0.457 bits per heavy atom. The summed E-state index contributed by atoms with van der Waals surface area (Å²) in [5.41, 5.74) is 0. The Balaban J connectivity index is 3.98. The fourth-order valence-corrected chi connectivity index (χ4v) is 5.37. The van der Waals surface area contributed by atoms with E-state index in [9.17, 15) is 24.9 Å². The molecule has 0 unspecified atom stereocenters. The first-order valence-electron chi connectivity index (χ1n) is 19.1. The van der Waals surface area contributed by atoms with Gasteiger partial charge in [-0.15, -0.1) is 0 Å². The van der Waals surface area contributed by atoms with E-state index in [4.69, 9.17) is 9.47 Å². The molecule has 0 spiro atoms. The van der Waals surface area contributed by atoms with Crippen molar-refractivity contribution < 1.29 is 34.4 Å². The van der Waals surface area contributed by atoms with Gasteiger partial charge in [-0.3, -0.25) is 9.59 Å². The summed E-state index contributed by atoms with van der Waals surface area (Å²) in [5.74, 6) is -7.61. The Bertz CT molecular complexity index is 715. The summed E-state index contributed by atoms with van der Waals surface area (Å²) in [6.45, 7) is 5.47. The van der Waals surface area contributed by atoms with Gasteiger partial charge in [0, 0.05) is 19.8 Å². The van der Waals surface area contributed by atoms with Crippen LogP contribution in [0.4, 0.5) is 0 Å². The lowest BCUT2D eigenvalue weighted by molar-refractivity contribution is -0.439. The van der Waals surface area contributed by atoms with E-state index < -0.39 is 23.7 Å². The van der Waals surface area contributed by atoms with Crippen LogP contribution in [0.2, 0.25) is 0 Å². The lowest BCUT2D eigenvalue weighted by Crippen LogP contribution is -2.57. The number of esters is 2. The Morgan fingerprint density at radius 3 is 1.00 bits per heavy atom. The Morgan fingerprint density at radius 2 is 0.717 bits per heavy atom. The molecule has 46 heavy (non-hydrogen) atoms. The van der Waals surface area contributed by atoms with Crippen LogP contribution in [0.3, 0.4) is 0 Å². The molecule has 0 aromatic carbocycles. The predicted octanol–water partition coefficient (Wildman–Crippen LogP) is 10.5. The van der Waals surface area contributed by atoms with Crippen LogP contribution in [0.5, 0.6) is 0 Å². The summed E-state index contributed by atoms with van der Waals surface area (Å²) >= 11 is 0. The van der Waals surface area contributed by atoms with Crippen LogP contribution in [0, 0.1) is 0 Å². The number of aliphatic hydroxyl groups is 3. The van der Waals surface area contributed by atoms with Gasteiger partial charge in [-0.1, -0.05) is 141 Å². The number of hydrogen-bond donors (Lipinski definition) is 3. The molecular weight excluding hydrogens is 580 g/mol. The highest BCUT2D eigenvalue weighted by Crippen LogP contribution is 2.26. The zero-order valence-electron chi connectivity index (χ0n) is 30.1. The topological polar surface area (TPSA) is 113 Å². The maximum absolute atomic E-state index is 12.4. The number of carbonyl (C=O) groups is 2. The maximum atomic E-state index is 12.4. The van der Waals surface area contributed by atoms with Gasteiger partial charge in [0.2, 0.25) is 0 Å². The average Bonchev–Trinajstić information content (AvgIpc) is 3.00.